The van der Waals surface area contributed by atoms with Crippen LogP contribution in [0.3, 0.4) is 0 Å². The molecule has 2 atom stereocenters. The van der Waals surface area contributed by atoms with Crippen LogP contribution in [0, 0.1) is 11.3 Å². The third kappa shape index (κ3) is 5.80. The number of hydrogen-bond acceptors (Lipinski definition) is 3. The van der Waals surface area contributed by atoms with Crippen LogP contribution in [0.15, 0.2) is 0 Å². The smallest absolute Gasteiger partial charge is 0.0474 e. The Balaban J connectivity index is 2.57. The van der Waals surface area contributed by atoms with E-state index in [-0.39, 0.29) is 0 Å². The molecule has 3 nitrogen and oxygen atoms in total. The van der Waals surface area contributed by atoms with Crippen LogP contribution in [-0.4, -0.2) is 50.3 Å². The standard InChI is InChI=1S/C16H34N2O/c1-13(2)10-14-11-17-15(16(3,4)5)12-18(14)8-7-9-19-6/h13-15,17H,7-12H2,1-6H3. The highest BCUT2D eigenvalue weighted by Gasteiger charge is 2.33. The predicted molar refractivity (Wildman–Crippen MR) is 82.6 cm³/mol. The van der Waals surface area contributed by atoms with Gasteiger partial charge in [0.05, 0.1) is 0 Å². The summed E-state index contributed by atoms with van der Waals surface area (Å²) in [6.45, 7) is 16.0. The molecule has 0 bridgehead atoms. The Morgan fingerprint density at radius 1 is 1.32 bits per heavy atom. The SMILES string of the molecule is COCCCN1CC(C(C)(C)C)NCC1CC(C)C. The maximum absolute atomic E-state index is 5.20. The normalized spacial score (nSPS) is 26.1. The molecule has 2 unspecified atom stereocenters. The zero-order valence-corrected chi connectivity index (χ0v) is 13.8. The summed E-state index contributed by atoms with van der Waals surface area (Å²) in [6, 6.07) is 1.29. The quantitative estimate of drug-likeness (QED) is 0.751. The number of methoxy groups -OCH3 is 1. The van der Waals surface area contributed by atoms with Crippen LogP contribution in [0.5, 0.6) is 0 Å². The lowest BCUT2D eigenvalue weighted by Crippen LogP contribution is -2.60. The summed E-state index contributed by atoms with van der Waals surface area (Å²) >= 11 is 0. The predicted octanol–water partition coefficient (Wildman–Crippen LogP) is 2.76. The van der Waals surface area contributed by atoms with Gasteiger partial charge < -0.3 is 10.1 Å². The van der Waals surface area contributed by atoms with Crippen molar-refractivity contribution in [2.75, 3.05) is 33.4 Å². The molecule has 1 rings (SSSR count). The van der Waals surface area contributed by atoms with E-state index in [1.54, 1.807) is 7.11 Å². The van der Waals surface area contributed by atoms with Crippen molar-refractivity contribution in [2.24, 2.45) is 11.3 Å². The number of nitrogens with one attached hydrogen (secondary N) is 1. The zero-order valence-electron chi connectivity index (χ0n) is 13.8. The lowest BCUT2D eigenvalue weighted by atomic mass is 9.84. The molecule has 19 heavy (non-hydrogen) atoms. The summed E-state index contributed by atoms with van der Waals surface area (Å²) in [7, 11) is 1.79. The summed E-state index contributed by atoms with van der Waals surface area (Å²) in [5.41, 5.74) is 0.336. The van der Waals surface area contributed by atoms with E-state index in [4.69, 9.17) is 4.74 Å². The Bertz CT molecular complexity index is 248. The van der Waals surface area contributed by atoms with Gasteiger partial charge in [0, 0.05) is 45.4 Å². The molecule has 0 aromatic rings. The van der Waals surface area contributed by atoms with Gasteiger partial charge in [-0.25, -0.2) is 0 Å². The van der Waals surface area contributed by atoms with Gasteiger partial charge in [0.15, 0.2) is 0 Å². The topological polar surface area (TPSA) is 24.5 Å². The molecule has 1 aliphatic heterocycles. The van der Waals surface area contributed by atoms with Crippen molar-refractivity contribution in [3.8, 4) is 0 Å². The lowest BCUT2D eigenvalue weighted by Gasteiger charge is -2.45. The molecule has 0 saturated carbocycles. The molecule has 0 aromatic carbocycles. The van der Waals surface area contributed by atoms with Crippen LogP contribution in [0.2, 0.25) is 0 Å². The maximum atomic E-state index is 5.20. The van der Waals surface area contributed by atoms with Gasteiger partial charge in [-0.05, 0) is 24.2 Å². The van der Waals surface area contributed by atoms with Gasteiger partial charge in [0.25, 0.3) is 0 Å². The number of nitrogens with zero attached hydrogens (tertiary/aromatic N) is 1. The summed E-state index contributed by atoms with van der Waals surface area (Å²) in [6.07, 6.45) is 2.43. The van der Waals surface area contributed by atoms with Gasteiger partial charge in [-0.1, -0.05) is 34.6 Å². The van der Waals surface area contributed by atoms with Gasteiger partial charge >= 0.3 is 0 Å². The fourth-order valence-electron chi connectivity index (χ4n) is 2.90. The Labute approximate surface area is 120 Å². The average molecular weight is 270 g/mol. The van der Waals surface area contributed by atoms with Crippen LogP contribution < -0.4 is 5.32 Å². The van der Waals surface area contributed by atoms with Gasteiger partial charge in [-0.3, -0.25) is 4.90 Å². The molecule has 1 N–H and O–H groups in total. The summed E-state index contributed by atoms with van der Waals surface area (Å²) in [5, 5.41) is 3.76. The molecule has 114 valence electrons. The molecule has 0 spiro atoms. The second-order valence-electron chi connectivity index (χ2n) is 7.45. The fourth-order valence-corrected chi connectivity index (χ4v) is 2.90. The van der Waals surface area contributed by atoms with Crippen molar-refractivity contribution in [1.29, 1.82) is 0 Å². The Hall–Kier alpha value is -0.120. The molecule has 0 radical (unpaired) electrons. The van der Waals surface area contributed by atoms with Crippen LogP contribution in [0.1, 0.15) is 47.5 Å². The monoisotopic (exact) mass is 270 g/mol. The number of hydrogen-bond donors (Lipinski definition) is 1. The van der Waals surface area contributed by atoms with Gasteiger partial charge in [0.1, 0.15) is 0 Å². The molecular weight excluding hydrogens is 236 g/mol. The van der Waals surface area contributed by atoms with Crippen LogP contribution in [-0.2, 0) is 4.74 Å². The largest absolute Gasteiger partial charge is 0.385 e. The van der Waals surface area contributed by atoms with Crippen molar-refractivity contribution >= 4 is 0 Å². The van der Waals surface area contributed by atoms with Crippen LogP contribution >= 0.6 is 0 Å². The summed E-state index contributed by atoms with van der Waals surface area (Å²) in [4.78, 5) is 2.69. The molecule has 1 fully saturated rings. The van der Waals surface area contributed by atoms with Crippen molar-refractivity contribution in [1.82, 2.24) is 10.2 Å². The lowest BCUT2D eigenvalue weighted by molar-refractivity contribution is 0.0664. The molecule has 0 aliphatic carbocycles. The minimum Gasteiger partial charge on any atom is -0.385 e. The van der Waals surface area contributed by atoms with Crippen LogP contribution in [0.4, 0.5) is 0 Å². The molecule has 1 aliphatic rings. The minimum absolute atomic E-state index is 0.336. The van der Waals surface area contributed by atoms with Crippen molar-refractivity contribution in [3.63, 3.8) is 0 Å². The molecule has 3 heteroatoms. The van der Waals surface area contributed by atoms with Crippen molar-refractivity contribution in [3.05, 3.63) is 0 Å². The third-order valence-electron chi connectivity index (χ3n) is 4.12. The molecule has 1 saturated heterocycles. The number of ether oxygens (including phenoxy) is 1. The highest BCUT2D eigenvalue weighted by molar-refractivity contribution is 4.92. The highest BCUT2D eigenvalue weighted by Crippen LogP contribution is 2.25. The zero-order chi connectivity index (χ0) is 14.5. The van der Waals surface area contributed by atoms with Gasteiger partial charge in [-0.2, -0.15) is 0 Å². The Kier molecular flexibility index (Phi) is 6.78. The van der Waals surface area contributed by atoms with E-state index in [9.17, 15) is 0 Å². The Morgan fingerprint density at radius 2 is 2.00 bits per heavy atom. The average Bonchev–Trinajstić information content (AvgIpc) is 2.29. The first-order chi connectivity index (χ1) is 8.84. The third-order valence-corrected chi connectivity index (χ3v) is 4.12. The maximum Gasteiger partial charge on any atom is 0.0474 e. The molecule has 1 heterocycles. The van der Waals surface area contributed by atoms with E-state index in [1.165, 1.54) is 19.5 Å². The molecule has 0 aromatic heterocycles. The molecule has 0 amide bonds. The van der Waals surface area contributed by atoms with E-state index in [0.29, 0.717) is 17.5 Å². The second kappa shape index (κ2) is 7.61. The van der Waals surface area contributed by atoms with Crippen molar-refractivity contribution in [2.45, 2.75) is 59.5 Å². The van der Waals surface area contributed by atoms with E-state index in [2.05, 4.69) is 44.8 Å². The van der Waals surface area contributed by atoms with Gasteiger partial charge in [-0.15, -0.1) is 0 Å². The minimum atomic E-state index is 0.336. The first-order valence-electron chi connectivity index (χ1n) is 7.81. The highest BCUT2D eigenvalue weighted by atomic mass is 16.5. The Morgan fingerprint density at radius 3 is 2.53 bits per heavy atom. The number of rotatable bonds is 6. The number of piperazine rings is 1. The second-order valence-corrected chi connectivity index (χ2v) is 7.45. The van der Waals surface area contributed by atoms with E-state index < -0.39 is 0 Å². The summed E-state index contributed by atoms with van der Waals surface area (Å²) < 4.78 is 5.20. The summed E-state index contributed by atoms with van der Waals surface area (Å²) in [5.74, 6) is 0.767. The molecular formula is C16H34N2O. The van der Waals surface area contributed by atoms with Crippen molar-refractivity contribution < 1.29 is 4.74 Å². The van der Waals surface area contributed by atoms with Gasteiger partial charge in [0.2, 0.25) is 0 Å². The van der Waals surface area contributed by atoms with E-state index >= 15 is 0 Å². The van der Waals surface area contributed by atoms with E-state index in [0.717, 1.165) is 25.5 Å². The first kappa shape index (κ1) is 16.9. The first-order valence-corrected chi connectivity index (χ1v) is 7.81. The fraction of sp³-hybridized carbons (Fsp3) is 1.00. The van der Waals surface area contributed by atoms with E-state index in [1.807, 2.05) is 0 Å². The van der Waals surface area contributed by atoms with Crippen LogP contribution in [0.25, 0.3) is 0 Å².